The number of nitrogens with zero attached hydrogens (tertiary/aromatic N) is 10. The minimum absolute atomic E-state index is 0. The molecule has 8 aromatic rings. The number of pyridine rings is 2. The van der Waals surface area contributed by atoms with Crippen molar-refractivity contribution in [3.8, 4) is 29.0 Å². The molecule has 25 heteroatoms. The molecule has 0 spiro atoms. The second-order valence-corrected chi connectivity index (χ2v) is 21.8. The molecule has 2 atom stereocenters. The number of imidazole rings is 2. The molecule has 0 saturated carbocycles. The van der Waals surface area contributed by atoms with Crippen LogP contribution in [0.15, 0.2) is 97.1 Å². The fourth-order valence-corrected chi connectivity index (χ4v) is 11.8. The Morgan fingerprint density at radius 3 is 1.53 bits per heavy atom. The van der Waals surface area contributed by atoms with Gasteiger partial charge in [0.2, 0.25) is 11.8 Å². The molecule has 2 fully saturated rings. The van der Waals surface area contributed by atoms with Crippen LogP contribution in [0.5, 0.6) is 16.8 Å². The molecule has 0 aliphatic carbocycles. The Labute approximate surface area is 546 Å². The molecule has 18 nitrogen and oxygen atoms in total. The summed E-state index contributed by atoms with van der Waals surface area (Å²) < 4.78 is 61.0. The van der Waals surface area contributed by atoms with E-state index in [1.807, 2.05) is 47.7 Å². The molecular weight excluding hydrogens is 1370 g/mol. The predicted molar refractivity (Wildman–Crippen MR) is 339 cm³/mol. The molecule has 88 heavy (non-hydrogen) atoms. The van der Waals surface area contributed by atoms with E-state index in [1.165, 1.54) is 38.8 Å². The number of benzene rings is 2. The van der Waals surface area contributed by atoms with Gasteiger partial charge in [-0.05, 0) is 85.7 Å². The first-order chi connectivity index (χ1) is 41.1. The third-order valence-electron chi connectivity index (χ3n) is 14.4. The minimum Gasteiger partial charge on any atom is -0.473 e. The molecule has 0 N–H and O–H groups in total. The number of carbonyl (C=O) groups is 1. The second kappa shape index (κ2) is 35.3. The molecule has 0 unspecified atom stereocenters. The Kier molecular flexibility index (Phi) is 28.8. The summed E-state index contributed by atoms with van der Waals surface area (Å²) in [6.07, 6.45) is 9.98. The van der Waals surface area contributed by atoms with Crippen molar-refractivity contribution in [1.29, 1.82) is 10.5 Å². The number of thiophene rings is 2. The maximum Gasteiger partial charge on any atom is 0.373 e. The Morgan fingerprint density at radius 2 is 1.15 bits per heavy atom. The number of ether oxygens (including phenoxy) is 5. The summed E-state index contributed by atoms with van der Waals surface area (Å²) in [5.74, 6) is 2.02. The van der Waals surface area contributed by atoms with Crippen molar-refractivity contribution >= 4 is 94.1 Å². The average molecular weight is 1440 g/mol. The van der Waals surface area contributed by atoms with Gasteiger partial charge in [-0.25, -0.2) is 28.7 Å². The third-order valence-corrected chi connectivity index (χ3v) is 16.8. The summed E-state index contributed by atoms with van der Waals surface area (Å²) in [4.78, 5) is 54.6. The monoisotopic (exact) mass is 1440 g/mol. The van der Waals surface area contributed by atoms with Crippen LogP contribution in [0.1, 0.15) is 97.1 Å². The smallest absolute Gasteiger partial charge is 0.373 e. The first kappa shape index (κ1) is 71.8. The van der Waals surface area contributed by atoms with Crippen LogP contribution < -0.4 is 14.2 Å². The van der Waals surface area contributed by atoms with Crippen LogP contribution >= 0.6 is 49.7 Å². The van der Waals surface area contributed by atoms with Gasteiger partial charge in [-0.15, -0.1) is 11.3 Å². The molecule has 12 rings (SSSR count). The largest absolute Gasteiger partial charge is 0.473 e. The molecule has 0 bridgehead atoms. The van der Waals surface area contributed by atoms with Crippen LogP contribution in [0.25, 0.3) is 31.8 Å². The first-order valence-corrected chi connectivity index (χ1v) is 29.1. The Morgan fingerprint density at radius 1 is 0.693 bits per heavy atom. The topological polar surface area (TPSA) is 213 Å². The predicted octanol–water partition coefficient (Wildman–Crippen LogP) is 11.5. The summed E-state index contributed by atoms with van der Waals surface area (Å²) in [7, 11) is 0. The van der Waals surface area contributed by atoms with Gasteiger partial charge in [0.25, 0.3) is 6.47 Å². The number of nitriles is 2. The van der Waals surface area contributed by atoms with E-state index >= 15 is 0 Å². The number of hydrogen-bond donors (Lipinski definition) is 0. The first-order valence-electron chi connectivity index (χ1n) is 27.5. The zero-order chi connectivity index (χ0) is 59.0. The summed E-state index contributed by atoms with van der Waals surface area (Å²) in [5, 5.41) is 18.4. The van der Waals surface area contributed by atoms with Crippen LogP contribution in [-0.2, 0) is 90.7 Å². The molecule has 0 radical (unpaired) electrons. The van der Waals surface area contributed by atoms with E-state index in [-0.39, 0.29) is 98.2 Å². The van der Waals surface area contributed by atoms with E-state index in [4.69, 9.17) is 53.8 Å². The molecule has 4 aliphatic rings. The maximum absolute atomic E-state index is 14.2. The summed E-state index contributed by atoms with van der Waals surface area (Å²) in [6.45, 7) is 15.8. The molecule has 0 amide bonds. The van der Waals surface area contributed by atoms with Gasteiger partial charge in [0.05, 0.1) is 73.0 Å². The summed E-state index contributed by atoms with van der Waals surface area (Å²) >= 11 is 3.27. The molecule has 10 heterocycles. The fourth-order valence-electron chi connectivity index (χ4n) is 9.81. The van der Waals surface area contributed by atoms with Crippen molar-refractivity contribution < 1.29 is 67.9 Å². The number of aromatic nitrogens is 6. The van der Waals surface area contributed by atoms with E-state index in [0.29, 0.717) is 41.0 Å². The van der Waals surface area contributed by atoms with Crippen LogP contribution in [0, 0.1) is 41.2 Å². The number of carbonyl (C=O) groups excluding carboxylic acids is 3. The van der Waals surface area contributed by atoms with Crippen LogP contribution in [0.4, 0.5) is 8.78 Å². The van der Waals surface area contributed by atoms with Gasteiger partial charge in [0.15, 0.2) is 5.06 Å². The van der Waals surface area contributed by atoms with Crippen LogP contribution in [-0.4, -0.2) is 103 Å². The number of fused-ring (bicyclic) bond motifs is 2. The molecule has 6 aromatic heterocycles. The van der Waals surface area contributed by atoms with Crippen molar-refractivity contribution in [2.45, 2.75) is 105 Å². The summed E-state index contributed by atoms with van der Waals surface area (Å²) in [5.41, 5.74) is 7.27. The fraction of sp³-hybridized carbons (Fsp3) is 0.349. The molecular formula is C63H69F2N10O8S4W-. The van der Waals surface area contributed by atoms with Gasteiger partial charge in [-0.3, -0.25) is 14.6 Å². The second-order valence-electron chi connectivity index (χ2n) is 19.7. The zero-order valence-corrected chi connectivity index (χ0v) is 54.5. The van der Waals surface area contributed by atoms with Gasteiger partial charge in [0.1, 0.15) is 57.2 Å². The van der Waals surface area contributed by atoms with Gasteiger partial charge >= 0.3 is 6.15 Å². The zero-order valence-electron chi connectivity index (χ0n) is 47.9. The van der Waals surface area contributed by atoms with Gasteiger partial charge in [0, 0.05) is 94.7 Å². The van der Waals surface area contributed by atoms with E-state index < -0.39 is 11.6 Å². The van der Waals surface area contributed by atoms with Crippen LogP contribution in [0.2, 0.25) is 0 Å². The maximum atomic E-state index is 14.2. The SMILES string of the molecule is C.CCc1cc2nc(CN3CC=C(c4cccc(OCc5ccc(C#N)cc5F)n4)CC3)n(C[C@@H]3CCO3)c2s1.N#Cc1ccc(COc2cccc(C3=CCN(Cc4nc5cc(OC=O)sc5n4C[C@@H]4CCO4)CC3)n2)c(F)c1.O=C=O.S.S.[CH2-]C.[W]. The average Bonchev–Trinajstić information content (AvgIpc) is 2.16. The molecule has 2 saturated heterocycles. The standard InChI is InChI=1S/C30H30FN5O2S.C29H26FN5O4S.C2H5.CO2.CH4.2H2S.W/c1-2-24-15-27-30(39-24)36(17-23-10-13-37-23)28(33-27)18-35-11-8-21(9-12-35)26-4-3-5-29(34-26)38-19-22-7-6-20(16-32)14-25(22)31;30-23-12-19(14-31)4-5-21(23)17-38-27-3-1-2-24(33-27)20-6-9-34(10-7-20)16-26-32-25-13-28(39-18-36)40-29(25)35(26)15-22-8-11-37-22;1-2;2-1-3;;;;/h3-8,14-15,23H,2,9-13,17-19H2,1H3;1-6,12-13,18,22H,7-11,15-17H2;1H2,2H3;;1H4;2*1H2;/q;;-1;;;;;/t23-;22-;;;;;;/m00....../s1. The quantitative estimate of drug-likeness (QED) is 0.0544. The molecule has 2 aromatic carbocycles. The number of rotatable bonds is 19. The van der Waals surface area contributed by atoms with E-state index in [2.05, 4.69) is 61.0 Å². The molecule has 464 valence electrons. The van der Waals surface area contributed by atoms with Crippen LogP contribution in [0.3, 0.4) is 0 Å². The van der Waals surface area contributed by atoms with Crippen molar-refractivity contribution in [3.63, 3.8) is 0 Å². The number of hydrogen-bond acceptors (Lipinski definition) is 18. The van der Waals surface area contributed by atoms with Crippen molar-refractivity contribution in [2.75, 3.05) is 39.4 Å². The van der Waals surface area contributed by atoms with Crippen molar-refractivity contribution in [2.24, 2.45) is 0 Å². The number of aryl methyl sites for hydroxylation is 1. The van der Waals surface area contributed by atoms with Gasteiger partial charge < -0.3 is 39.7 Å². The minimum atomic E-state index is -0.472. The molecule has 4 aliphatic heterocycles. The Balaban J connectivity index is 0.000000287. The Hall–Kier alpha value is -6.92. The number of halogens is 2. The van der Waals surface area contributed by atoms with Gasteiger partial charge in [-0.2, -0.15) is 54.0 Å². The van der Waals surface area contributed by atoms with E-state index in [9.17, 15) is 13.6 Å². The third kappa shape index (κ3) is 18.4. The normalized spacial score (nSPS) is 15.8. The van der Waals surface area contributed by atoms with E-state index in [0.717, 1.165) is 136 Å². The van der Waals surface area contributed by atoms with Crippen molar-refractivity contribution in [1.82, 2.24) is 38.9 Å². The Bertz CT molecular complexity index is 3790. The van der Waals surface area contributed by atoms with Gasteiger partial charge in [-0.1, -0.05) is 62.1 Å². The van der Waals surface area contributed by atoms with Crippen molar-refractivity contribution in [3.05, 3.63) is 166 Å². The van der Waals surface area contributed by atoms with E-state index in [1.54, 1.807) is 49.4 Å². The summed E-state index contributed by atoms with van der Waals surface area (Å²) in [6, 6.07) is 27.9.